The van der Waals surface area contributed by atoms with Gasteiger partial charge in [0, 0.05) is 11.5 Å². The second-order valence-corrected chi connectivity index (χ2v) is 4.13. The minimum Gasteiger partial charge on any atom is -0.466 e. The average Bonchev–Trinajstić information content (AvgIpc) is 2.60. The molecular weight excluding hydrogens is 192 g/mol. The molecule has 1 heterocycles. The topological polar surface area (TPSA) is 35.5 Å². The second-order valence-electron chi connectivity index (χ2n) is 4.13. The lowest BCUT2D eigenvalue weighted by Crippen LogP contribution is -2.10. The predicted molar refractivity (Wildman–Crippen MR) is 56.3 cm³/mol. The van der Waals surface area contributed by atoms with E-state index in [1.807, 2.05) is 0 Å². The summed E-state index contributed by atoms with van der Waals surface area (Å²) in [6.07, 6.45) is 3.95. The lowest BCUT2D eigenvalue weighted by molar-refractivity contribution is -0.136. The van der Waals surface area contributed by atoms with E-state index in [-0.39, 0.29) is 5.97 Å². The molecule has 0 amide bonds. The van der Waals surface area contributed by atoms with Crippen LogP contribution in [0, 0.1) is 5.92 Å². The van der Waals surface area contributed by atoms with Crippen molar-refractivity contribution >= 4 is 5.97 Å². The first kappa shape index (κ1) is 10.4. The van der Waals surface area contributed by atoms with Crippen molar-refractivity contribution in [2.75, 3.05) is 20.3 Å². The number of ether oxygens (including phenoxy) is 2. The summed E-state index contributed by atoms with van der Waals surface area (Å²) in [6, 6.07) is 0. The summed E-state index contributed by atoms with van der Waals surface area (Å²) in [5.41, 5.74) is 3.29. The van der Waals surface area contributed by atoms with Crippen LogP contribution in [0.4, 0.5) is 0 Å². The molecule has 3 nitrogen and oxygen atoms in total. The van der Waals surface area contributed by atoms with Gasteiger partial charge in [-0.15, -0.1) is 0 Å². The number of hydrogen-bond acceptors (Lipinski definition) is 3. The third kappa shape index (κ3) is 1.97. The molecule has 1 atom stereocenters. The Bertz CT molecular complexity index is 339. The number of rotatable bonds is 1. The van der Waals surface area contributed by atoms with E-state index in [4.69, 9.17) is 9.47 Å². The molecule has 1 aliphatic heterocycles. The van der Waals surface area contributed by atoms with E-state index in [0.29, 0.717) is 19.1 Å². The van der Waals surface area contributed by atoms with E-state index in [1.165, 1.54) is 12.7 Å². The molecule has 0 radical (unpaired) electrons. The molecule has 82 valence electrons. The highest BCUT2D eigenvalue weighted by molar-refractivity contribution is 5.89. The van der Waals surface area contributed by atoms with E-state index in [1.54, 1.807) is 0 Å². The van der Waals surface area contributed by atoms with E-state index < -0.39 is 0 Å². The molecule has 2 rings (SSSR count). The van der Waals surface area contributed by atoms with E-state index >= 15 is 0 Å². The van der Waals surface area contributed by atoms with Crippen LogP contribution in [0.2, 0.25) is 0 Å². The molecule has 0 aromatic heterocycles. The highest BCUT2D eigenvalue weighted by Crippen LogP contribution is 2.32. The molecule has 2 aliphatic rings. The number of fused-ring (bicyclic) bond motifs is 1. The second kappa shape index (κ2) is 4.19. The summed E-state index contributed by atoms with van der Waals surface area (Å²) in [5, 5.41) is 0. The quantitative estimate of drug-likeness (QED) is 0.487. The van der Waals surface area contributed by atoms with Crippen LogP contribution in [0.5, 0.6) is 0 Å². The fourth-order valence-electron chi connectivity index (χ4n) is 2.23. The van der Waals surface area contributed by atoms with Gasteiger partial charge in [-0.2, -0.15) is 0 Å². The van der Waals surface area contributed by atoms with Gasteiger partial charge in [0.15, 0.2) is 0 Å². The zero-order valence-electron chi connectivity index (χ0n) is 9.21. The Hall–Kier alpha value is -1.09. The number of hydrogen-bond donors (Lipinski definition) is 0. The van der Waals surface area contributed by atoms with Crippen molar-refractivity contribution < 1.29 is 14.3 Å². The molecule has 1 unspecified atom stereocenters. The first-order valence-electron chi connectivity index (χ1n) is 5.27. The van der Waals surface area contributed by atoms with Gasteiger partial charge in [-0.25, -0.2) is 4.79 Å². The van der Waals surface area contributed by atoms with Crippen LogP contribution < -0.4 is 0 Å². The molecule has 0 N–H and O–H groups in total. The summed E-state index contributed by atoms with van der Waals surface area (Å²) in [6.45, 7) is 3.39. The minimum absolute atomic E-state index is 0.191. The maximum absolute atomic E-state index is 11.6. The first-order chi connectivity index (χ1) is 7.22. The Labute approximate surface area is 89.8 Å². The largest absolute Gasteiger partial charge is 0.466 e. The number of methoxy groups -OCH3 is 1. The molecule has 0 spiro atoms. The molecular formula is C12H16O3. The highest BCUT2D eigenvalue weighted by atomic mass is 16.5. The summed E-state index contributed by atoms with van der Waals surface area (Å²) in [5.74, 6) is 0.102. The SMILES string of the molecule is COC(=O)C1=C2COCC2C=C(C)CC1. The van der Waals surface area contributed by atoms with Gasteiger partial charge >= 0.3 is 5.97 Å². The summed E-state index contributed by atoms with van der Waals surface area (Å²) in [4.78, 5) is 11.6. The molecule has 1 aliphatic carbocycles. The van der Waals surface area contributed by atoms with Crippen LogP contribution >= 0.6 is 0 Å². The van der Waals surface area contributed by atoms with Crippen LogP contribution in [0.1, 0.15) is 19.8 Å². The zero-order valence-corrected chi connectivity index (χ0v) is 9.21. The fraction of sp³-hybridized carbons (Fsp3) is 0.583. The van der Waals surface area contributed by atoms with Crippen LogP contribution in [-0.2, 0) is 14.3 Å². The van der Waals surface area contributed by atoms with Gasteiger partial charge in [0.2, 0.25) is 0 Å². The Kier molecular flexibility index (Phi) is 2.91. The molecule has 3 heteroatoms. The third-order valence-electron chi connectivity index (χ3n) is 3.08. The smallest absolute Gasteiger partial charge is 0.333 e. The Morgan fingerprint density at radius 2 is 2.33 bits per heavy atom. The predicted octanol–water partition coefficient (Wildman–Crippen LogP) is 1.84. The molecule has 1 saturated heterocycles. The third-order valence-corrected chi connectivity index (χ3v) is 3.08. The molecule has 0 aromatic rings. The fourth-order valence-corrected chi connectivity index (χ4v) is 2.23. The van der Waals surface area contributed by atoms with E-state index in [9.17, 15) is 4.79 Å². The molecule has 15 heavy (non-hydrogen) atoms. The molecule has 0 bridgehead atoms. The van der Waals surface area contributed by atoms with Crippen molar-refractivity contribution in [3.05, 3.63) is 22.8 Å². The number of carbonyl (C=O) groups is 1. The number of esters is 1. The van der Waals surface area contributed by atoms with Gasteiger partial charge in [0.05, 0.1) is 20.3 Å². The van der Waals surface area contributed by atoms with Crippen LogP contribution in [0.3, 0.4) is 0 Å². The number of allylic oxidation sites excluding steroid dienone is 1. The average molecular weight is 208 g/mol. The zero-order chi connectivity index (χ0) is 10.8. The molecule has 0 aromatic carbocycles. The monoisotopic (exact) mass is 208 g/mol. The Balaban J connectivity index is 2.33. The lowest BCUT2D eigenvalue weighted by atomic mass is 9.97. The number of carbonyl (C=O) groups excluding carboxylic acids is 1. The van der Waals surface area contributed by atoms with Crippen molar-refractivity contribution in [1.82, 2.24) is 0 Å². The van der Waals surface area contributed by atoms with Gasteiger partial charge in [-0.1, -0.05) is 11.6 Å². The first-order valence-corrected chi connectivity index (χ1v) is 5.27. The van der Waals surface area contributed by atoms with Crippen LogP contribution in [-0.4, -0.2) is 26.3 Å². The van der Waals surface area contributed by atoms with Gasteiger partial charge < -0.3 is 9.47 Å². The summed E-state index contributed by atoms with van der Waals surface area (Å²) in [7, 11) is 1.44. The van der Waals surface area contributed by atoms with E-state index in [0.717, 1.165) is 24.0 Å². The maximum atomic E-state index is 11.6. The Morgan fingerprint density at radius 1 is 1.53 bits per heavy atom. The normalized spacial score (nSPS) is 25.7. The van der Waals surface area contributed by atoms with Crippen LogP contribution in [0.25, 0.3) is 0 Å². The lowest BCUT2D eigenvalue weighted by Gasteiger charge is -2.08. The van der Waals surface area contributed by atoms with E-state index in [2.05, 4.69) is 13.0 Å². The molecule has 1 fully saturated rings. The van der Waals surface area contributed by atoms with Crippen LogP contribution in [0.15, 0.2) is 22.8 Å². The Morgan fingerprint density at radius 3 is 3.07 bits per heavy atom. The minimum atomic E-state index is -0.191. The van der Waals surface area contributed by atoms with Gasteiger partial charge in [0.1, 0.15) is 0 Å². The van der Waals surface area contributed by atoms with Crippen molar-refractivity contribution in [3.8, 4) is 0 Å². The van der Waals surface area contributed by atoms with Gasteiger partial charge in [-0.05, 0) is 25.3 Å². The van der Waals surface area contributed by atoms with Gasteiger partial charge in [0.25, 0.3) is 0 Å². The van der Waals surface area contributed by atoms with Crippen molar-refractivity contribution in [1.29, 1.82) is 0 Å². The summed E-state index contributed by atoms with van der Waals surface area (Å²) >= 11 is 0. The summed E-state index contributed by atoms with van der Waals surface area (Å²) < 4.78 is 10.2. The van der Waals surface area contributed by atoms with Crippen molar-refractivity contribution in [2.45, 2.75) is 19.8 Å². The van der Waals surface area contributed by atoms with Crippen molar-refractivity contribution in [3.63, 3.8) is 0 Å². The standard InChI is InChI=1S/C12H16O3/c1-8-3-4-10(12(13)14-2)11-7-15-6-9(11)5-8/h5,9H,3-4,6-7H2,1-2H3. The highest BCUT2D eigenvalue weighted by Gasteiger charge is 2.28. The van der Waals surface area contributed by atoms with Crippen molar-refractivity contribution in [2.24, 2.45) is 5.92 Å². The van der Waals surface area contributed by atoms with Gasteiger partial charge in [-0.3, -0.25) is 0 Å². The molecule has 0 saturated carbocycles. The maximum Gasteiger partial charge on any atom is 0.333 e.